The minimum atomic E-state index is -0.336. The van der Waals surface area contributed by atoms with Crippen molar-refractivity contribution in [3.8, 4) is 6.07 Å². The highest BCUT2D eigenvalue weighted by Gasteiger charge is 2.03. The Labute approximate surface area is 75.2 Å². The number of hydrogen-bond acceptors (Lipinski definition) is 3. The lowest BCUT2D eigenvalue weighted by Crippen LogP contribution is -2.34. The number of nitriles is 1. The molecule has 70 valence electrons. The molecule has 0 aromatic carbocycles. The van der Waals surface area contributed by atoms with Crippen molar-refractivity contribution < 1.29 is 0 Å². The molecule has 3 heteroatoms. The number of rotatable bonds is 6. The third kappa shape index (κ3) is 6.14. The molecule has 0 aliphatic heterocycles. The molecule has 1 unspecified atom stereocenters. The van der Waals surface area contributed by atoms with Crippen molar-refractivity contribution in [2.45, 2.75) is 32.2 Å². The van der Waals surface area contributed by atoms with Gasteiger partial charge in [-0.1, -0.05) is 19.8 Å². The molecular formula is C9H19N3. The summed E-state index contributed by atoms with van der Waals surface area (Å²) < 4.78 is 0. The number of nitrogens with two attached hydrogens (primary N) is 1. The molecule has 0 fully saturated rings. The summed E-state index contributed by atoms with van der Waals surface area (Å²) in [5.41, 5.74) is 5.48. The van der Waals surface area contributed by atoms with Crippen LogP contribution in [-0.2, 0) is 0 Å². The molecule has 0 spiro atoms. The van der Waals surface area contributed by atoms with E-state index in [9.17, 15) is 0 Å². The summed E-state index contributed by atoms with van der Waals surface area (Å²) >= 11 is 0. The van der Waals surface area contributed by atoms with Crippen molar-refractivity contribution in [2.24, 2.45) is 5.73 Å². The molecule has 0 aliphatic rings. The van der Waals surface area contributed by atoms with Gasteiger partial charge in [-0.05, 0) is 20.0 Å². The molecule has 0 bridgehead atoms. The summed E-state index contributed by atoms with van der Waals surface area (Å²) in [6, 6.07) is 1.69. The van der Waals surface area contributed by atoms with E-state index in [1.807, 2.05) is 13.1 Å². The largest absolute Gasteiger partial charge is 0.315 e. The molecule has 0 amide bonds. The van der Waals surface area contributed by atoms with Gasteiger partial charge in [0.05, 0.1) is 6.07 Å². The molecular weight excluding hydrogens is 150 g/mol. The van der Waals surface area contributed by atoms with E-state index >= 15 is 0 Å². The van der Waals surface area contributed by atoms with Gasteiger partial charge in [-0.2, -0.15) is 5.26 Å². The molecule has 0 rings (SSSR count). The molecule has 0 saturated carbocycles. The number of hydrogen-bond donors (Lipinski definition) is 1. The van der Waals surface area contributed by atoms with Crippen LogP contribution in [0.1, 0.15) is 26.2 Å². The minimum Gasteiger partial charge on any atom is -0.315 e. The Bertz CT molecular complexity index is 139. The lowest BCUT2D eigenvalue weighted by molar-refractivity contribution is 0.319. The number of nitrogens with zero attached hydrogens (tertiary/aromatic N) is 2. The highest BCUT2D eigenvalue weighted by molar-refractivity contribution is 4.88. The first-order valence-corrected chi connectivity index (χ1v) is 4.54. The fraction of sp³-hybridized carbons (Fsp3) is 0.889. The molecule has 0 aromatic rings. The van der Waals surface area contributed by atoms with E-state index in [0.717, 1.165) is 6.54 Å². The second kappa shape index (κ2) is 7.08. The van der Waals surface area contributed by atoms with Crippen molar-refractivity contribution in [3.05, 3.63) is 0 Å². The highest BCUT2D eigenvalue weighted by atomic mass is 15.1. The Morgan fingerprint density at radius 3 is 2.67 bits per heavy atom. The van der Waals surface area contributed by atoms with E-state index in [-0.39, 0.29) is 6.04 Å². The van der Waals surface area contributed by atoms with Gasteiger partial charge in [0.25, 0.3) is 0 Å². The molecule has 2 N–H and O–H groups in total. The predicted octanol–water partition coefficient (Wildman–Crippen LogP) is 0.959. The van der Waals surface area contributed by atoms with Gasteiger partial charge in [0.1, 0.15) is 6.04 Å². The van der Waals surface area contributed by atoms with Crippen LogP contribution in [0.2, 0.25) is 0 Å². The Hall–Kier alpha value is -0.590. The Morgan fingerprint density at radius 2 is 2.17 bits per heavy atom. The van der Waals surface area contributed by atoms with Crippen LogP contribution in [0.5, 0.6) is 0 Å². The van der Waals surface area contributed by atoms with E-state index in [1.165, 1.54) is 19.3 Å². The third-order valence-electron chi connectivity index (χ3n) is 1.82. The van der Waals surface area contributed by atoms with Crippen LogP contribution < -0.4 is 5.73 Å². The van der Waals surface area contributed by atoms with Crippen molar-refractivity contribution in [1.29, 1.82) is 5.26 Å². The first-order valence-electron chi connectivity index (χ1n) is 4.54. The van der Waals surface area contributed by atoms with Gasteiger partial charge in [-0.15, -0.1) is 0 Å². The van der Waals surface area contributed by atoms with Crippen molar-refractivity contribution >= 4 is 0 Å². The standard InChI is InChI=1S/C9H19N3/c1-3-4-5-6-12(2)8-9(11)7-10/h9H,3-6,8,11H2,1-2H3. The van der Waals surface area contributed by atoms with E-state index in [4.69, 9.17) is 11.0 Å². The molecule has 0 saturated heterocycles. The highest BCUT2D eigenvalue weighted by Crippen LogP contribution is 1.96. The maximum atomic E-state index is 8.45. The fourth-order valence-electron chi connectivity index (χ4n) is 1.10. The molecule has 1 atom stereocenters. The Kier molecular flexibility index (Phi) is 6.73. The Morgan fingerprint density at radius 1 is 1.50 bits per heavy atom. The molecule has 0 aromatic heterocycles. The maximum Gasteiger partial charge on any atom is 0.106 e. The van der Waals surface area contributed by atoms with E-state index in [1.54, 1.807) is 0 Å². The monoisotopic (exact) mass is 169 g/mol. The molecule has 0 radical (unpaired) electrons. The number of unbranched alkanes of at least 4 members (excludes halogenated alkanes) is 2. The summed E-state index contributed by atoms with van der Waals surface area (Å²) in [5, 5.41) is 8.45. The van der Waals surface area contributed by atoms with Crippen molar-refractivity contribution in [1.82, 2.24) is 4.90 Å². The van der Waals surface area contributed by atoms with Crippen LogP contribution >= 0.6 is 0 Å². The minimum absolute atomic E-state index is 0.336. The normalized spacial score (nSPS) is 12.9. The fourth-order valence-corrected chi connectivity index (χ4v) is 1.10. The second-order valence-electron chi connectivity index (χ2n) is 3.20. The SMILES string of the molecule is CCCCCN(C)CC(N)C#N. The average molecular weight is 169 g/mol. The average Bonchev–Trinajstić information content (AvgIpc) is 2.05. The predicted molar refractivity (Wildman–Crippen MR) is 50.6 cm³/mol. The van der Waals surface area contributed by atoms with Gasteiger partial charge >= 0.3 is 0 Å². The van der Waals surface area contributed by atoms with Gasteiger partial charge in [0.2, 0.25) is 0 Å². The zero-order valence-corrected chi connectivity index (χ0v) is 8.08. The van der Waals surface area contributed by atoms with Gasteiger partial charge in [0, 0.05) is 6.54 Å². The van der Waals surface area contributed by atoms with Crippen LogP contribution in [0, 0.1) is 11.3 Å². The van der Waals surface area contributed by atoms with Gasteiger partial charge in [-0.3, -0.25) is 0 Å². The molecule has 3 nitrogen and oxygen atoms in total. The first-order chi connectivity index (χ1) is 5.70. The summed E-state index contributed by atoms with van der Waals surface area (Å²) in [7, 11) is 2.01. The van der Waals surface area contributed by atoms with E-state index < -0.39 is 0 Å². The maximum absolute atomic E-state index is 8.45. The van der Waals surface area contributed by atoms with Gasteiger partial charge in [0.15, 0.2) is 0 Å². The lowest BCUT2D eigenvalue weighted by atomic mass is 10.2. The molecule has 0 aliphatic carbocycles. The quantitative estimate of drug-likeness (QED) is 0.602. The summed E-state index contributed by atoms with van der Waals surface area (Å²) in [6.45, 7) is 3.91. The van der Waals surface area contributed by atoms with Crippen LogP contribution in [-0.4, -0.2) is 31.1 Å². The summed E-state index contributed by atoms with van der Waals surface area (Å²) in [4.78, 5) is 2.11. The zero-order valence-electron chi connectivity index (χ0n) is 8.08. The summed E-state index contributed by atoms with van der Waals surface area (Å²) in [5.74, 6) is 0. The smallest absolute Gasteiger partial charge is 0.106 e. The molecule has 12 heavy (non-hydrogen) atoms. The van der Waals surface area contributed by atoms with Crippen molar-refractivity contribution in [3.63, 3.8) is 0 Å². The first kappa shape index (κ1) is 11.4. The lowest BCUT2D eigenvalue weighted by Gasteiger charge is -2.16. The zero-order chi connectivity index (χ0) is 9.40. The molecule has 0 heterocycles. The van der Waals surface area contributed by atoms with E-state index in [0.29, 0.717) is 6.54 Å². The number of likely N-dealkylation sites (N-methyl/N-ethyl adjacent to an activating group) is 1. The van der Waals surface area contributed by atoms with Crippen LogP contribution in [0.25, 0.3) is 0 Å². The summed E-state index contributed by atoms with van der Waals surface area (Å²) in [6.07, 6.45) is 3.69. The van der Waals surface area contributed by atoms with Gasteiger partial charge in [-0.25, -0.2) is 0 Å². The van der Waals surface area contributed by atoms with Gasteiger partial charge < -0.3 is 10.6 Å². The topological polar surface area (TPSA) is 53.0 Å². The van der Waals surface area contributed by atoms with Crippen LogP contribution in [0.4, 0.5) is 0 Å². The van der Waals surface area contributed by atoms with Crippen molar-refractivity contribution in [2.75, 3.05) is 20.1 Å². The van der Waals surface area contributed by atoms with E-state index in [2.05, 4.69) is 11.8 Å². The van der Waals surface area contributed by atoms with Crippen LogP contribution in [0.15, 0.2) is 0 Å². The Balaban J connectivity index is 3.34. The van der Waals surface area contributed by atoms with Crippen LogP contribution in [0.3, 0.4) is 0 Å². The third-order valence-corrected chi connectivity index (χ3v) is 1.82. The second-order valence-corrected chi connectivity index (χ2v) is 3.20.